The van der Waals surface area contributed by atoms with E-state index >= 15 is 0 Å². The number of alkyl halides is 1. The van der Waals surface area contributed by atoms with Crippen LogP contribution in [0.25, 0.3) is 0 Å². The second-order valence-electron chi connectivity index (χ2n) is 2.99. The van der Waals surface area contributed by atoms with E-state index in [9.17, 15) is 0 Å². The van der Waals surface area contributed by atoms with E-state index in [-0.39, 0.29) is 0 Å². The molecule has 0 aromatic carbocycles. The van der Waals surface area contributed by atoms with E-state index in [4.69, 9.17) is 0 Å². The van der Waals surface area contributed by atoms with Gasteiger partial charge in [-0.1, -0.05) is 22.4 Å². The van der Waals surface area contributed by atoms with Crippen molar-refractivity contribution >= 4 is 27.7 Å². The summed E-state index contributed by atoms with van der Waals surface area (Å²) in [6.07, 6.45) is 7.90. The van der Waals surface area contributed by atoms with Gasteiger partial charge in [0, 0.05) is 4.83 Å². The maximum absolute atomic E-state index is 3.73. The van der Waals surface area contributed by atoms with E-state index in [1.165, 1.54) is 31.4 Å². The first kappa shape index (κ1) is 8.92. The summed E-state index contributed by atoms with van der Waals surface area (Å²) in [4.78, 5) is 0.833. The highest BCUT2D eigenvalue weighted by Crippen LogP contribution is 2.34. The van der Waals surface area contributed by atoms with Gasteiger partial charge in [-0.2, -0.15) is 11.8 Å². The molecule has 2 heteroatoms. The third kappa shape index (κ3) is 2.46. The Kier molecular flexibility index (Phi) is 4.15. The fraction of sp³-hybridized carbons (Fsp3) is 1.00. The minimum atomic E-state index is 0.833. The highest BCUT2D eigenvalue weighted by atomic mass is 79.9. The van der Waals surface area contributed by atoms with Gasteiger partial charge in [-0.15, -0.1) is 0 Å². The summed E-state index contributed by atoms with van der Waals surface area (Å²) < 4.78 is 0. The summed E-state index contributed by atoms with van der Waals surface area (Å²) in [6.45, 7) is 0. The van der Waals surface area contributed by atoms with Crippen molar-refractivity contribution in [1.29, 1.82) is 0 Å². The Balaban J connectivity index is 2.14. The van der Waals surface area contributed by atoms with Gasteiger partial charge in [-0.3, -0.25) is 0 Å². The first-order chi connectivity index (χ1) is 4.84. The van der Waals surface area contributed by atoms with Gasteiger partial charge in [-0.05, 0) is 37.2 Å². The number of halogens is 1. The third-order valence-corrected chi connectivity index (χ3v) is 4.11. The molecule has 0 aromatic heterocycles. The molecule has 1 rings (SSSR count). The van der Waals surface area contributed by atoms with Crippen LogP contribution in [0.2, 0.25) is 0 Å². The minimum absolute atomic E-state index is 0.833. The first-order valence-corrected chi connectivity index (χ1v) is 6.28. The average Bonchev–Trinajstić information content (AvgIpc) is 2.31. The molecule has 60 valence electrons. The molecule has 0 N–H and O–H groups in total. The molecule has 0 amide bonds. The van der Waals surface area contributed by atoms with Crippen molar-refractivity contribution in [2.24, 2.45) is 5.92 Å². The lowest BCUT2D eigenvalue weighted by Gasteiger charge is -2.11. The molecule has 0 spiro atoms. The minimum Gasteiger partial charge on any atom is -0.165 e. The number of thioether (sulfide) groups is 1. The van der Waals surface area contributed by atoms with Crippen molar-refractivity contribution in [3.05, 3.63) is 0 Å². The van der Waals surface area contributed by atoms with Gasteiger partial charge in [-0.25, -0.2) is 0 Å². The Morgan fingerprint density at radius 3 is 2.80 bits per heavy atom. The average molecular weight is 223 g/mol. The summed E-state index contributed by atoms with van der Waals surface area (Å²) in [5.74, 6) is 2.32. The third-order valence-electron chi connectivity index (χ3n) is 2.26. The van der Waals surface area contributed by atoms with Crippen molar-refractivity contribution in [3.8, 4) is 0 Å². The standard InChI is InChI=1S/C8H15BrS/c1-10-6-5-7-3-2-4-8(7)9/h7-8H,2-6H2,1H3. The Labute approximate surface area is 76.3 Å². The molecule has 0 aromatic rings. The van der Waals surface area contributed by atoms with Gasteiger partial charge in [0.2, 0.25) is 0 Å². The van der Waals surface area contributed by atoms with Crippen LogP contribution in [0.1, 0.15) is 25.7 Å². The van der Waals surface area contributed by atoms with E-state index in [2.05, 4.69) is 22.2 Å². The Morgan fingerprint density at radius 1 is 1.50 bits per heavy atom. The molecule has 1 fully saturated rings. The van der Waals surface area contributed by atoms with Crippen molar-refractivity contribution < 1.29 is 0 Å². The van der Waals surface area contributed by atoms with Crippen LogP contribution in [0.4, 0.5) is 0 Å². The summed E-state index contributed by atoms with van der Waals surface area (Å²) in [6, 6.07) is 0. The van der Waals surface area contributed by atoms with Crippen molar-refractivity contribution in [3.63, 3.8) is 0 Å². The maximum atomic E-state index is 3.73. The zero-order valence-electron chi connectivity index (χ0n) is 6.48. The molecule has 1 saturated carbocycles. The molecule has 2 unspecified atom stereocenters. The largest absolute Gasteiger partial charge is 0.165 e. The maximum Gasteiger partial charge on any atom is 0.0174 e. The Morgan fingerprint density at radius 2 is 2.30 bits per heavy atom. The van der Waals surface area contributed by atoms with Crippen LogP contribution in [0.5, 0.6) is 0 Å². The van der Waals surface area contributed by atoms with Crippen molar-refractivity contribution in [2.45, 2.75) is 30.5 Å². The normalized spacial score (nSPS) is 33.0. The smallest absolute Gasteiger partial charge is 0.0174 e. The number of hydrogen-bond acceptors (Lipinski definition) is 1. The fourth-order valence-electron chi connectivity index (χ4n) is 1.59. The molecule has 10 heavy (non-hydrogen) atoms. The fourth-order valence-corrected chi connectivity index (χ4v) is 2.98. The molecule has 0 saturated heterocycles. The molecule has 0 aliphatic heterocycles. The molecule has 1 aliphatic rings. The Hall–Kier alpha value is 0.830. The van der Waals surface area contributed by atoms with Gasteiger partial charge in [0.1, 0.15) is 0 Å². The SMILES string of the molecule is CSCCC1CCCC1Br. The predicted octanol–water partition coefficient (Wildman–Crippen LogP) is 3.30. The predicted molar refractivity (Wildman–Crippen MR) is 53.1 cm³/mol. The lowest BCUT2D eigenvalue weighted by molar-refractivity contribution is 0.551. The molecular weight excluding hydrogens is 208 g/mol. The number of rotatable bonds is 3. The Bertz CT molecular complexity index is 95.3. The molecule has 0 bridgehead atoms. The van der Waals surface area contributed by atoms with Crippen LogP contribution in [-0.4, -0.2) is 16.8 Å². The van der Waals surface area contributed by atoms with E-state index in [0.717, 1.165) is 10.7 Å². The summed E-state index contributed by atoms with van der Waals surface area (Å²) in [5, 5.41) is 0. The molecule has 2 atom stereocenters. The van der Waals surface area contributed by atoms with Gasteiger partial charge in [0.05, 0.1) is 0 Å². The molecule has 1 aliphatic carbocycles. The number of hydrogen-bond donors (Lipinski definition) is 0. The van der Waals surface area contributed by atoms with Crippen LogP contribution in [0, 0.1) is 5.92 Å². The van der Waals surface area contributed by atoms with E-state index in [0.29, 0.717) is 0 Å². The van der Waals surface area contributed by atoms with Crippen molar-refractivity contribution in [1.82, 2.24) is 0 Å². The topological polar surface area (TPSA) is 0 Å². The highest BCUT2D eigenvalue weighted by molar-refractivity contribution is 9.09. The van der Waals surface area contributed by atoms with Gasteiger partial charge >= 0.3 is 0 Å². The van der Waals surface area contributed by atoms with Crippen LogP contribution in [-0.2, 0) is 0 Å². The molecule has 0 heterocycles. The zero-order valence-corrected chi connectivity index (χ0v) is 8.88. The molecular formula is C8H15BrS. The lowest BCUT2D eigenvalue weighted by atomic mass is 10.1. The van der Waals surface area contributed by atoms with E-state index in [1.807, 2.05) is 11.8 Å². The van der Waals surface area contributed by atoms with E-state index < -0.39 is 0 Å². The summed E-state index contributed by atoms with van der Waals surface area (Å²) in [5.41, 5.74) is 0. The monoisotopic (exact) mass is 222 g/mol. The summed E-state index contributed by atoms with van der Waals surface area (Å²) >= 11 is 5.70. The van der Waals surface area contributed by atoms with Crippen LogP contribution >= 0.6 is 27.7 Å². The zero-order chi connectivity index (χ0) is 7.40. The second kappa shape index (κ2) is 4.66. The lowest BCUT2D eigenvalue weighted by Crippen LogP contribution is -2.06. The van der Waals surface area contributed by atoms with Gasteiger partial charge < -0.3 is 0 Å². The first-order valence-electron chi connectivity index (χ1n) is 3.97. The molecule has 0 nitrogen and oxygen atoms in total. The van der Waals surface area contributed by atoms with Crippen LogP contribution in [0.15, 0.2) is 0 Å². The molecule has 0 radical (unpaired) electrons. The van der Waals surface area contributed by atoms with E-state index in [1.54, 1.807) is 0 Å². The van der Waals surface area contributed by atoms with Crippen molar-refractivity contribution in [2.75, 3.05) is 12.0 Å². The summed E-state index contributed by atoms with van der Waals surface area (Å²) in [7, 11) is 0. The second-order valence-corrected chi connectivity index (χ2v) is 5.15. The quantitative estimate of drug-likeness (QED) is 0.661. The highest BCUT2D eigenvalue weighted by Gasteiger charge is 2.23. The van der Waals surface area contributed by atoms with Gasteiger partial charge in [0.25, 0.3) is 0 Å². The van der Waals surface area contributed by atoms with Crippen LogP contribution < -0.4 is 0 Å². The van der Waals surface area contributed by atoms with Crippen LogP contribution in [0.3, 0.4) is 0 Å². The van der Waals surface area contributed by atoms with Gasteiger partial charge in [0.15, 0.2) is 0 Å².